The average Bonchev–Trinajstić information content (AvgIpc) is 3.56. The van der Waals surface area contributed by atoms with Crippen molar-refractivity contribution in [2.75, 3.05) is 0 Å². The molecule has 0 radical (unpaired) electrons. The van der Waals surface area contributed by atoms with Gasteiger partial charge in [-0.15, -0.1) is 0 Å². The molecule has 9 heteroatoms. The minimum atomic E-state index is -0.849. The maximum absolute atomic E-state index is 14.0. The van der Waals surface area contributed by atoms with Crippen LogP contribution in [-0.4, -0.2) is 25.4 Å². The molecule has 1 fully saturated rings. The highest BCUT2D eigenvalue weighted by atomic mass is 19.1. The molecule has 3 aromatic heterocycles. The van der Waals surface area contributed by atoms with E-state index in [2.05, 4.69) is 9.98 Å². The van der Waals surface area contributed by atoms with Crippen molar-refractivity contribution in [2.45, 2.75) is 31.7 Å². The summed E-state index contributed by atoms with van der Waals surface area (Å²) in [4.78, 5) is 20.9. The van der Waals surface area contributed by atoms with Gasteiger partial charge in [0.1, 0.15) is 16.9 Å². The summed E-state index contributed by atoms with van der Waals surface area (Å²) in [5, 5.41) is 9.03. The number of rotatable bonds is 4. The van der Waals surface area contributed by atoms with Crippen molar-refractivity contribution in [1.82, 2.24) is 14.3 Å². The molecule has 1 aromatic carbocycles. The molecule has 5 rings (SSSR count). The molecule has 0 saturated heterocycles. The summed E-state index contributed by atoms with van der Waals surface area (Å²) in [6.45, 7) is 0. The van der Waals surface area contributed by atoms with Crippen LogP contribution in [-0.2, 0) is 0 Å². The lowest BCUT2D eigenvalue weighted by Gasteiger charge is -2.15. The maximum Gasteiger partial charge on any atom is 0.313 e. The van der Waals surface area contributed by atoms with Crippen LogP contribution in [0.15, 0.2) is 70.6 Å². The van der Waals surface area contributed by atoms with Gasteiger partial charge < -0.3 is 14.2 Å². The van der Waals surface area contributed by atoms with E-state index in [0.29, 0.717) is 21.9 Å². The van der Waals surface area contributed by atoms with Crippen LogP contribution in [0.4, 0.5) is 8.78 Å². The molecule has 168 valence electrons. The van der Waals surface area contributed by atoms with Crippen LogP contribution in [0, 0.1) is 11.6 Å². The number of nitrogens with zero attached hydrogens (tertiary/aromatic N) is 4. The van der Waals surface area contributed by atoms with Gasteiger partial charge in [-0.25, -0.2) is 18.8 Å². The van der Waals surface area contributed by atoms with E-state index in [9.17, 15) is 18.8 Å². The van der Waals surface area contributed by atoms with Crippen LogP contribution in [0.5, 0.6) is 0 Å². The fourth-order valence-electron chi connectivity index (χ4n) is 4.17. The van der Waals surface area contributed by atoms with Gasteiger partial charge in [0.15, 0.2) is 17.3 Å². The Kier molecular flexibility index (Phi) is 5.37. The second kappa shape index (κ2) is 8.50. The van der Waals surface area contributed by atoms with E-state index in [1.165, 1.54) is 24.3 Å². The van der Waals surface area contributed by atoms with Crippen LogP contribution < -0.4 is 5.36 Å². The first-order chi connectivity index (χ1) is 16.0. The number of pyridine rings is 1. The van der Waals surface area contributed by atoms with Crippen LogP contribution in [0.25, 0.3) is 22.7 Å². The lowest BCUT2D eigenvalue weighted by molar-refractivity contribution is 0.0971. The molecule has 1 N–H and O–H groups in total. The number of halogens is 2. The normalized spacial score (nSPS) is 14.8. The fourth-order valence-corrected chi connectivity index (χ4v) is 4.17. The molecule has 7 nitrogen and oxygen atoms in total. The number of benzene rings is 1. The zero-order chi connectivity index (χ0) is 22.9. The largest absolute Gasteiger partial charge is 0.449 e. The third-order valence-electron chi connectivity index (χ3n) is 5.78. The van der Waals surface area contributed by atoms with Crippen LogP contribution in [0.1, 0.15) is 42.3 Å². The summed E-state index contributed by atoms with van der Waals surface area (Å²) in [5.41, 5.74) is 2.04. The van der Waals surface area contributed by atoms with Gasteiger partial charge in [0.25, 0.3) is 0 Å². The summed E-state index contributed by atoms with van der Waals surface area (Å²) in [6.07, 6.45) is 7.96. The summed E-state index contributed by atoms with van der Waals surface area (Å²) in [5.74, 6) is -1.60. The van der Waals surface area contributed by atoms with Gasteiger partial charge in [0.2, 0.25) is 0 Å². The van der Waals surface area contributed by atoms with E-state index in [0.717, 1.165) is 43.6 Å². The molecule has 0 spiro atoms. The standard InChI is InChI=1S/C24H20F2N4O3/c25-16-7-5-15(6-8-16)22-23(30(14-27-22)17-3-1-2-4-17)20-9-10-21(33-20)24(31)28-19-11-12-29(32)13-18(19)26/h5-14,17,32H,1-4H2. The molecular weight excluding hydrogens is 430 g/mol. The number of furan rings is 1. The summed E-state index contributed by atoms with van der Waals surface area (Å²) >= 11 is 0. The molecule has 1 amide bonds. The van der Waals surface area contributed by atoms with E-state index < -0.39 is 11.7 Å². The highest BCUT2D eigenvalue weighted by Gasteiger charge is 2.26. The Balaban J connectivity index is 1.56. The van der Waals surface area contributed by atoms with E-state index in [-0.39, 0.29) is 23.0 Å². The number of carbonyl (C=O) groups is 1. The molecule has 1 aliphatic rings. The minimum Gasteiger partial charge on any atom is -0.449 e. The SMILES string of the molecule is O=C(N=c1ccn(O)cc1F)c1ccc(-c2c(-c3ccc(F)cc3)ncn2C2CCCC2)o1. The molecule has 3 heterocycles. The van der Waals surface area contributed by atoms with Gasteiger partial charge in [-0.05, 0) is 55.3 Å². The van der Waals surface area contributed by atoms with Gasteiger partial charge in [-0.1, -0.05) is 12.8 Å². The Morgan fingerprint density at radius 2 is 1.85 bits per heavy atom. The molecular formula is C24H20F2N4O3. The summed E-state index contributed by atoms with van der Waals surface area (Å²) < 4.78 is 35.9. The predicted octanol–water partition coefficient (Wildman–Crippen LogP) is 4.98. The van der Waals surface area contributed by atoms with Crippen molar-refractivity contribution in [1.29, 1.82) is 0 Å². The highest BCUT2D eigenvalue weighted by Crippen LogP contribution is 2.39. The number of imidazole rings is 1. The Bertz CT molecular complexity index is 1380. The van der Waals surface area contributed by atoms with Gasteiger partial charge in [-0.2, -0.15) is 4.73 Å². The van der Waals surface area contributed by atoms with E-state index in [1.54, 1.807) is 24.5 Å². The van der Waals surface area contributed by atoms with Crippen LogP contribution in [0.2, 0.25) is 0 Å². The lowest BCUT2D eigenvalue weighted by Crippen LogP contribution is -2.13. The van der Waals surface area contributed by atoms with E-state index in [1.807, 2.05) is 4.57 Å². The Labute approximate surface area is 187 Å². The van der Waals surface area contributed by atoms with Crippen molar-refractivity contribution in [3.05, 3.63) is 83.9 Å². The predicted molar refractivity (Wildman–Crippen MR) is 114 cm³/mol. The molecule has 4 aromatic rings. The van der Waals surface area contributed by atoms with Crippen molar-refractivity contribution in [2.24, 2.45) is 4.99 Å². The first-order valence-electron chi connectivity index (χ1n) is 10.6. The minimum absolute atomic E-state index is 0.0608. The van der Waals surface area contributed by atoms with Gasteiger partial charge >= 0.3 is 5.91 Å². The second-order valence-electron chi connectivity index (χ2n) is 7.93. The van der Waals surface area contributed by atoms with Crippen molar-refractivity contribution in [3.8, 4) is 22.7 Å². The summed E-state index contributed by atoms with van der Waals surface area (Å²) in [6, 6.07) is 10.6. The average molecular weight is 450 g/mol. The fraction of sp³-hybridized carbons (Fsp3) is 0.208. The number of hydrogen-bond acceptors (Lipinski definition) is 4. The zero-order valence-electron chi connectivity index (χ0n) is 17.5. The molecule has 1 aliphatic carbocycles. The molecule has 0 bridgehead atoms. The van der Waals surface area contributed by atoms with Gasteiger partial charge in [0, 0.05) is 17.8 Å². The third-order valence-corrected chi connectivity index (χ3v) is 5.78. The quantitative estimate of drug-likeness (QED) is 0.444. The third kappa shape index (κ3) is 4.09. The van der Waals surface area contributed by atoms with E-state index in [4.69, 9.17) is 4.42 Å². The number of aromatic nitrogens is 3. The van der Waals surface area contributed by atoms with Gasteiger partial charge in [0.05, 0.1) is 18.2 Å². The number of hydrogen-bond donors (Lipinski definition) is 1. The molecule has 1 saturated carbocycles. The van der Waals surface area contributed by atoms with Crippen LogP contribution >= 0.6 is 0 Å². The molecule has 0 aliphatic heterocycles. The van der Waals surface area contributed by atoms with Crippen molar-refractivity contribution in [3.63, 3.8) is 0 Å². The number of carbonyl (C=O) groups excluding carboxylic acids is 1. The van der Waals surface area contributed by atoms with E-state index >= 15 is 0 Å². The lowest BCUT2D eigenvalue weighted by atomic mass is 10.1. The van der Waals surface area contributed by atoms with Crippen LogP contribution in [0.3, 0.4) is 0 Å². The second-order valence-corrected chi connectivity index (χ2v) is 7.93. The smallest absolute Gasteiger partial charge is 0.313 e. The zero-order valence-corrected chi connectivity index (χ0v) is 17.5. The summed E-state index contributed by atoms with van der Waals surface area (Å²) in [7, 11) is 0. The Hall–Kier alpha value is -4.01. The Morgan fingerprint density at radius 3 is 2.58 bits per heavy atom. The topological polar surface area (TPSA) is 85.5 Å². The first-order valence-corrected chi connectivity index (χ1v) is 10.6. The van der Waals surface area contributed by atoms with Crippen molar-refractivity contribution >= 4 is 5.91 Å². The first kappa shape index (κ1) is 20.9. The maximum atomic E-state index is 14.0. The Morgan fingerprint density at radius 1 is 1.09 bits per heavy atom. The van der Waals surface area contributed by atoms with Crippen molar-refractivity contribution < 1.29 is 23.2 Å². The highest BCUT2D eigenvalue weighted by molar-refractivity contribution is 5.93. The monoisotopic (exact) mass is 450 g/mol. The molecule has 33 heavy (non-hydrogen) atoms. The molecule has 0 unspecified atom stereocenters. The molecule has 0 atom stereocenters. The number of amides is 1. The van der Waals surface area contributed by atoms with Gasteiger partial charge in [-0.3, -0.25) is 4.79 Å².